The van der Waals surface area contributed by atoms with Gasteiger partial charge in [0.25, 0.3) is 0 Å². The fourth-order valence-electron chi connectivity index (χ4n) is 2.63. The minimum absolute atomic E-state index is 0.114. The number of hydrogen-bond donors (Lipinski definition) is 3. The molecule has 0 bridgehead atoms. The van der Waals surface area contributed by atoms with Crippen molar-refractivity contribution in [3.05, 3.63) is 71.5 Å². The number of amides is 2. The van der Waals surface area contributed by atoms with Gasteiger partial charge in [0.05, 0.1) is 0 Å². The molecule has 0 aliphatic rings. The number of carboxylic acids is 1. The first-order valence-electron chi connectivity index (χ1n) is 8.44. The minimum atomic E-state index is -1.17. The van der Waals surface area contributed by atoms with Crippen molar-refractivity contribution in [1.82, 2.24) is 10.6 Å². The van der Waals surface area contributed by atoms with Gasteiger partial charge in [-0.1, -0.05) is 42.5 Å². The first-order chi connectivity index (χ1) is 12.8. The smallest absolute Gasteiger partial charge is 0.326 e. The highest BCUT2D eigenvalue weighted by atomic mass is 19.1. The Morgan fingerprint density at radius 3 is 2.00 bits per heavy atom. The van der Waals surface area contributed by atoms with E-state index in [4.69, 9.17) is 0 Å². The van der Waals surface area contributed by atoms with Crippen LogP contribution >= 0.6 is 0 Å². The van der Waals surface area contributed by atoms with E-state index in [-0.39, 0.29) is 12.8 Å². The number of aliphatic carboxylic acids is 1. The van der Waals surface area contributed by atoms with E-state index >= 15 is 0 Å². The van der Waals surface area contributed by atoms with Crippen LogP contribution in [-0.2, 0) is 27.2 Å². The highest BCUT2D eigenvalue weighted by Crippen LogP contribution is 2.08. The van der Waals surface area contributed by atoms with E-state index in [1.54, 1.807) is 24.3 Å². The summed E-state index contributed by atoms with van der Waals surface area (Å²) in [6, 6.07) is 12.4. The molecule has 0 aliphatic heterocycles. The average Bonchev–Trinajstić information content (AvgIpc) is 2.62. The molecule has 27 heavy (non-hydrogen) atoms. The van der Waals surface area contributed by atoms with Crippen LogP contribution < -0.4 is 10.6 Å². The number of carbonyl (C=O) groups is 3. The Morgan fingerprint density at radius 1 is 0.889 bits per heavy atom. The maximum absolute atomic E-state index is 13.0. The topological polar surface area (TPSA) is 95.5 Å². The van der Waals surface area contributed by atoms with Crippen molar-refractivity contribution in [2.24, 2.45) is 0 Å². The van der Waals surface area contributed by atoms with Crippen molar-refractivity contribution in [2.75, 3.05) is 0 Å². The van der Waals surface area contributed by atoms with E-state index < -0.39 is 35.7 Å². The maximum atomic E-state index is 13.0. The van der Waals surface area contributed by atoms with Gasteiger partial charge in [0.2, 0.25) is 11.8 Å². The quantitative estimate of drug-likeness (QED) is 0.657. The lowest BCUT2D eigenvalue weighted by Crippen LogP contribution is -2.52. The standard InChI is InChI=1S/C20H21FN2O4/c1-13(24)22-17(11-15-7-9-16(21)10-8-15)19(25)23-18(20(26)27)12-14-5-3-2-4-6-14/h2-10,17-18H,11-12H2,1H3,(H,22,24)(H,23,25)(H,26,27)/t17-,18-/m1/s1. The molecule has 142 valence electrons. The van der Waals surface area contributed by atoms with Gasteiger partial charge in [0.15, 0.2) is 0 Å². The molecule has 0 aliphatic carbocycles. The van der Waals surface area contributed by atoms with E-state index in [2.05, 4.69) is 10.6 Å². The van der Waals surface area contributed by atoms with Gasteiger partial charge in [-0.25, -0.2) is 9.18 Å². The van der Waals surface area contributed by atoms with Crippen LogP contribution in [0.15, 0.2) is 54.6 Å². The lowest BCUT2D eigenvalue weighted by molar-refractivity contribution is -0.142. The lowest BCUT2D eigenvalue weighted by atomic mass is 10.0. The van der Waals surface area contributed by atoms with Crippen molar-refractivity contribution >= 4 is 17.8 Å². The van der Waals surface area contributed by atoms with Gasteiger partial charge in [-0.05, 0) is 23.3 Å². The molecule has 0 heterocycles. The largest absolute Gasteiger partial charge is 0.480 e. The SMILES string of the molecule is CC(=O)N[C@H](Cc1ccc(F)cc1)C(=O)N[C@H](Cc1ccccc1)C(=O)O. The predicted molar refractivity (Wildman–Crippen MR) is 97.4 cm³/mol. The lowest BCUT2D eigenvalue weighted by Gasteiger charge is -2.21. The third kappa shape index (κ3) is 6.54. The number of benzene rings is 2. The second kappa shape index (κ2) is 9.47. The van der Waals surface area contributed by atoms with Gasteiger partial charge in [-0.3, -0.25) is 9.59 Å². The Balaban J connectivity index is 2.10. The molecular weight excluding hydrogens is 351 g/mol. The van der Waals surface area contributed by atoms with Gasteiger partial charge in [-0.15, -0.1) is 0 Å². The van der Waals surface area contributed by atoms with Crippen molar-refractivity contribution in [3.8, 4) is 0 Å². The molecule has 0 radical (unpaired) electrons. The van der Waals surface area contributed by atoms with E-state index in [0.29, 0.717) is 5.56 Å². The predicted octanol–water partition coefficient (Wildman–Crippen LogP) is 1.68. The van der Waals surface area contributed by atoms with Crippen molar-refractivity contribution in [2.45, 2.75) is 31.8 Å². The zero-order valence-corrected chi connectivity index (χ0v) is 14.8. The van der Waals surface area contributed by atoms with E-state index in [1.807, 2.05) is 6.07 Å². The van der Waals surface area contributed by atoms with Gasteiger partial charge >= 0.3 is 5.97 Å². The summed E-state index contributed by atoms with van der Waals surface area (Å²) in [6.45, 7) is 1.27. The Kier molecular flexibility index (Phi) is 7.05. The van der Waals surface area contributed by atoms with Crippen LogP contribution in [0.1, 0.15) is 18.1 Å². The summed E-state index contributed by atoms with van der Waals surface area (Å²) in [5, 5.41) is 14.4. The summed E-state index contributed by atoms with van der Waals surface area (Å²) in [7, 11) is 0. The van der Waals surface area contributed by atoms with E-state index in [1.165, 1.54) is 31.2 Å². The molecule has 0 fully saturated rings. The molecule has 3 N–H and O–H groups in total. The summed E-state index contributed by atoms with van der Waals surface area (Å²) in [6.07, 6.45) is 0.231. The normalized spacial score (nSPS) is 12.7. The summed E-state index contributed by atoms with van der Waals surface area (Å²) >= 11 is 0. The maximum Gasteiger partial charge on any atom is 0.326 e. The van der Waals surface area contributed by atoms with Crippen LogP contribution in [0.3, 0.4) is 0 Å². The second-order valence-electron chi connectivity index (χ2n) is 6.17. The van der Waals surface area contributed by atoms with Crippen LogP contribution in [0.4, 0.5) is 4.39 Å². The van der Waals surface area contributed by atoms with Crippen molar-refractivity contribution in [3.63, 3.8) is 0 Å². The van der Waals surface area contributed by atoms with Gasteiger partial charge < -0.3 is 15.7 Å². The summed E-state index contributed by atoms with van der Waals surface area (Å²) < 4.78 is 13.0. The van der Waals surface area contributed by atoms with Gasteiger partial charge in [-0.2, -0.15) is 0 Å². The van der Waals surface area contributed by atoms with Crippen LogP contribution in [0.2, 0.25) is 0 Å². The third-order valence-corrected chi connectivity index (χ3v) is 3.94. The van der Waals surface area contributed by atoms with E-state index in [9.17, 15) is 23.9 Å². The molecule has 7 heteroatoms. The fraction of sp³-hybridized carbons (Fsp3) is 0.250. The number of hydrogen-bond acceptors (Lipinski definition) is 3. The zero-order valence-electron chi connectivity index (χ0n) is 14.8. The van der Waals surface area contributed by atoms with Gasteiger partial charge in [0, 0.05) is 19.8 Å². The number of nitrogens with one attached hydrogen (secondary N) is 2. The Labute approximate surface area is 156 Å². The summed E-state index contributed by atoms with van der Waals surface area (Å²) in [5.74, 6) is -2.62. The highest BCUT2D eigenvalue weighted by Gasteiger charge is 2.26. The molecule has 2 aromatic rings. The number of carbonyl (C=O) groups excluding carboxylic acids is 2. The Morgan fingerprint density at radius 2 is 1.44 bits per heavy atom. The van der Waals surface area contributed by atoms with Crippen LogP contribution in [0.25, 0.3) is 0 Å². The van der Waals surface area contributed by atoms with Crippen LogP contribution in [0, 0.1) is 5.82 Å². The second-order valence-corrected chi connectivity index (χ2v) is 6.17. The Bertz CT molecular complexity index is 793. The van der Waals surface area contributed by atoms with Gasteiger partial charge in [0.1, 0.15) is 17.9 Å². The first-order valence-corrected chi connectivity index (χ1v) is 8.44. The van der Waals surface area contributed by atoms with Crippen molar-refractivity contribution in [1.29, 1.82) is 0 Å². The van der Waals surface area contributed by atoms with E-state index in [0.717, 1.165) is 5.56 Å². The monoisotopic (exact) mass is 372 g/mol. The average molecular weight is 372 g/mol. The molecule has 2 atom stereocenters. The van der Waals surface area contributed by atoms with Crippen LogP contribution in [-0.4, -0.2) is 35.0 Å². The molecule has 0 aromatic heterocycles. The molecule has 6 nitrogen and oxygen atoms in total. The molecule has 0 spiro atoms. The van der Waals surface area contributed by atoms with Crippen molar-refractivity contribution < 1.29 is 23.9 Å². The zero-order chi connectivity index (χ0) is 19.8. The number of carboxylic acid groups (broad SMARTS) is 1. The highest BCUT2D eigenvalue weighted by molar-refractivity contribution is 5.90. The molecule has 2 amide bonds. The molecule has 0 unspecified atom stereocenters. The first kappa shape index (κ1) is 20.1. The molecule has 0 saturated carbocycles. The molecule has 2 aromatic carbocycles. The molecule has 2 rings (SSSR count). The fourth-order valence-corrected chi connectivity index (χ4v) is 2.63. The summed E-state index contributed by atoms with van der Waals surface area (Å²) in [4.78, 5) is 35.6. The third-order valence-electron chi connectivity index (χ3n) is 3.94. The number of rotatable bonds is 8. The molecular formula is C20H21FN2O4. The number of halogens is 1. The Hall–Kier alpha value is -3.22. The summed E-state index contributed by atoms with van der Waals surface area (Å²) in [5.41, 5.74) is 1.40. The molecule has 0 saturated heterocycles. The van der Waals surface area contributed by atoms with Crippen LogP contribution in [0.5, 0.6) is 0 Å². The minimum Gasteiger partial charge on any atom is -0.480 e.